The van der Waals surface area contributed by atoms with Crippen LogP contribution in [-0.2, 0) is 20.6 Å². The summed E-state index contributed by atoms with van der Waals surface area (Å²) in [5.74, 6) is 0.179. The summed E-state index contributed by atoms with van der Waals surface area (Å²) >= 11 is 5.81. The highest BCUT2D eigenvalue weighted by atomic mass is 35.5. The first-order valence-electron chi connectivity index (χ1n) is 6.29. The smallest absolute Gasteiger partial charge is 0.243 e. The van der Waals surface area contributed by atoms with Crippen LogP contribution in [0.15, 0.2) is 29.2 Å². The standard InChI is InChI=1S/C13H20ClNO3S/c1-3-15(9-10-18-4-2)19(16,17)13-8-6-5-7-12(13)11-14/h5-8H,3-4,9-11H2,1-2H3. The van der Waals surface area contributed by atoms with Gasteiger partial charge in [0.15, 0.2) is 0 Å². The molecular weight excluding hydrogens is 286 g/mol. The molecule has 1 aromatic carbocycles. The molecule has 0 aliphatic rings. The third-order valence-electron chi connectivity index (χ3n) is 2.78. The fourth-order valence-electron chi connectivity index (χ4n) is 1.76. The Morgan fingerprint density at radius 2 is 1.95 bits per heavy atom. The van der Waals surface area contributed by atoms with Crippen LogP contribution in [0.25, 0.3) is 0 Å². The van der Waals surface area contributed by atoms with Gasteiger partial charge < -0.3 is 4.74 Å². The number of sulfonamides is 1. The molecule has 0 aliphatic carbocycles. The zero-order valence-corrected chi connectivity index (χ0v) is 12.9. The Labute approximate surface area is 120 Å². The second-order valence-corrected chi connectivity index (χ2v) is 6.11. The van der Waals surface area contributed by atoms with E-state index < -0.39 is 10.0 Å². The van der Waals surface area contributed by atoms with Crippen LogP contribution in [0.2, 0.25) is 0 Å². The maximum Gasteiger partial charge on any atom is 0.243 e. The topological polar surface area (TPSA) is 46.6 Å². The summed E-state index contributed by atoms with van der Waals surface area (Å²) < 4.78 is 31.7. The Morgan fingerprint density at radius 3 is 2.53 bits per heavy atom. The molecule has 0 N–H and O–H groups in total. The number of hydrogen-bond donors (Lipinski definition) is 0. The number of benzene rings is 1. The summed E-state index contributed by atoms with van der Waals surface area (Å²) in [6.07, 6.45) is 0. The van der Waals surface area contributed by atoms with E-state index in [2.05, 4.69) is 0 Å². The monoisotopic (exact) mass is 305 g/mol. The summed E-state index contributed by atoms with van der Waals surface area (Å²) in [6.45, 7) is 5.43. The molecule has 19 heavy (non-hydrogen) atoms. The van der Waals surface area contributed by atoms with E-state index in [4.69, 9.17) is 16.3 Å². The van der Waals surface area contributed by atoms with Gasteiger partial charge in [0.2, 0.25) is 10.0 Å². The predicted molar refractivity (Wildman–Crippen MR) is 76.9 cm³/mol. The van der Waals surface area contributed by atoms with Crippen LogP contribution in [0.4, 0.5) is 0 Å². The molecule has 1 rings (SSSR count). The maximum atomic E-state index is 12.5. The quantitative estimate of drug-likeness (QED) is 0.547. The SMILES string of the molecule is CCOCCN(CC)S(=O)(=O)c1ccccc1CCl. The summed E-state index contributed by atoms with van der Waals surface area (Å²) in [7, 11) is -3.51. The lowest BCUT2D eigenvalue weighted by molar-refractivity contribution is 0.135. The molecule has 0 saturated heterocycles. The van der Waals surface area contributed by atoms with E-state index in [1.54, 1.807) is 24.3 Å². The van der Waals surface area contributed by atoms with E-state index in [0.29, 0.717) is 31.9 Å². The number of alkyl halides is 1. The molecule has 0 bridgehead atoms. The minimum Gasteiger partial charge on any atom is -0.380 e. The van der Waals surface area contributed by atoms with Crippen molar-refractivity contribution < 1.29 is 13.2 Å². The van der Waals surface area contributed by atoms with E-state index in [-0.39, 0.29) is 10.8 Å². The number of halogens is 1. The predicted octanol–water partition coefficient (Wildman–Crippen LogP) is 2.47. The van der Waals surface area contributed by atoms with Crippen molar-refractivity contribution in [1.82, 2.24) is 4.31 Å². The van der Waals surface area contributed by atoms with Crippen molar-refractivity contribution in [3.63, 3.8) is 0 Å². The summed E-state index contributed by atoms with van der Waals surface area (Å²) in [5, 5.41) is 0. The Bertz CT molecular complexity index is 490. The highest BCUT2D eigenvalue weighted by molar-refractivity contribution is 7.89. The average Bonchev–Trinajstić information content (AvgIpc) is 2.43. The Kier molecular flexibility index (Phi) is 6.79. The Morgan fingerprint density at radius 1 is 1.26 bits per heavy atom. The lowest BCUT2D eigenvalue weighted by atomic mass is 10.2. The van der Waals surface area contributed by atoms with E-state index >= 15 is 0 Å². The van der Waals surface area contributed by atoms with Crippen molar-refractivity contribution in [2.75, 3.05) is 26.3 Å². The van der Waals surface area contributed by atoms with Gasteiger partial charge in [-0.3, -0.25) is 0 Å². The first-order valence-corrected chi connectivity index (χ1v) is 8.27. The van der Waals surface area contributed by atoms with Gasteiger partial charge in [-0.2, -0.15) is 4.31 Å². The number of nitrogens with zero attached hydrogens (tertiary/aromatic N) is 1. The highest BCUT2D eigenvalue weighted by Gasteiger charge is 2.24. The highest BCUT2D eigenvalue weighted by Crippen LogP contribution is 2.21. The maximum absolute atomic E-state index is 12.5. The van der Waals surface area contributed by atoms with Crippen LogP contribution >= 0.6 is 11.6 Å². The minimum absolute atomic E-state index is 0.179. The average molecular weight is 306 g/mol. The number of rotatable bonds is 8. The largest absolute Gasteiger partial charge is 0.380 e. The molecule has 0 radical (unpaired) electrons. The van der Waals surface area contributed by atoms with Crippen LogP contribution in [-0.4, -0.2) is 39.0 Å². The van der Waals surface area contributed by atoms with Gasteiger partial charge in [0.05, 0.1) is 11.5 Å². The van der Waals surface area contributed by atoms with Crippen LogP contribution < -0.4 is 0 Å². The van der Waals surface area contributed by atoms with E-state index in [1.165, 1.54) is 4.31 Å². The van der Waals surface area contributed by atoms with E-state index in [9.17, 15) is 8.42 Å². The van der Waals surface area contributed by atoms with Crippen molar-refractivity contribution in [2.24, 2.45) is 0 Å². The lowest BCUT2D eigenvalue weighted by Gasteiger charge is -2.21. The molecule has 1 aromatic rings. The van der Waals surface area contributed by atoms with Gasteiger partial charge in [-0.25, -0.2) is 8.42 Å². The van der Waals surface area contributed by atoms with Crippen LogP contribution in [0.5, 0.6) is 0 Å². The lowest BCUT2D eigenvalue weighted by Crippen LogP contribution is -2.34. The molecule has 0 fully saturated rings. The van der Waals surface area contributed by atoms with Gasteiger partial charge in [0, 0.05) is 25.6 Å². The molecule has 108 valence electrons. The van der Waals surface area contributed by atoms with Crippen molar-refractivity contribution >= 4 is 21.6 Å². The molecule has 0 aliphatic heterocycles. The Hall–Kier alpha value is -0.620. The number of likely N-dealkylation sites (N-methyl/N-ethyl adjacent to an activating group) is 1. The van der Waals surface area contributed by atoms with Gasteiger partial charge >= 0.3 is 0 Å². The summed E-state index contributed by atoms with van der Waals surface area (Å²) in [4.78, 5) is 0.281. The first-order chi connectivity index (χ1) is 9.07. The van der Waals surface area contributed by atoms with Crippen LogP contribution in [0, 0.1) is 0 Å². The molecule has 4 nitrogen and oxygen atoms in total. The summed E-state index contributed by atoms with van der Waals surface area (Å²) in [6, 6.07) is 6.82. The molecule has 0 atom stereocenters. The molecule has 0 spiro atoms. The van der Waals surface area contributed by atoms with Gasteiger partial charge in [-0.05, 0) is 18.6 Å². The van der Waals surface area contributed by atoms with Crippen molar-refractivity contribution in [3.05, 3.63) is 29.8 Å². The van der Waals surface area contributed by atoms with Crippen molar-refractivity contribution in [3.8, 4) is 0 Å². The minimum atomic E-state index is -3.51. The molecule has 0 unspecified atom stereocenters. The van der Waals surface area contributed by atoms with Crippen LogP contribution in [0.1, 0.15) is 19.4 Å². The molecule has 0 amide bonds. The molecule has 0 heterocycles. The molecule has 0 saturated carbocycles. The molecule has 0 aromatic heterocycles. The van der Waals surface area contributed by atoms with Crippen molar-refractivity contribution in [1.29, 1.82) is 0 Å². The summed E-state index contributed by atoms with van der Waals surface area (Å²) in [5.41, 5.74) is 0.624. The van der Waals surface area contributed by atoms with Gasteiger partial charge in [-0.1, -0.05) is 25.1 Å². The fourth-order valence-corrected chi connectivity index (χ4v) is 3.73. The van der Waals surface area contributed by atoms with Crippen molar-refractivity contribution in [2.45, 2.75) is 24.6 Å². The van der Waals surface area contributed by atoms with Gasteiger partial charge in [-0.15, -0.1) is 11.6 Å². The Balaban J connectivity index is 2.99. The number of hydrogen-bond acceptors (Lipinski definition) is 3. The fraction of sp³-hybridized carbons (Fsp3) is 0.538. The van der Waals surface area contributed by atoms with Gasteiger partial charge in [0.1, 0.15) is 0 Å². The normalized spacial score (nSPS) is 12.0. The van der Waals surface area contributed by atoms with Gasteiger partial charge in [0.25, 0.3) is 0 Å². The molecule has 6 heteroatoms. The zero-order chi connectivity index (χ0) is 14.3. The number of ether oxygens (including phenoxy) is 1. The third kappa shape index (κ3) is 4.18. The second kappa shape index (κ2) is 7.85. The third-order valence-corrected chi connectivity index (χ3v) is 5.14. The zero-order valence-electron chi connectivity index (χ0n) is 11.3. The second-order valence-electron chi connectivity index (χ2n) is 3.93. The molecular formula is C13H20ClNO3S. The first kappa shape index (κ1) is 16.4. The van der Waals surface area contributed by atoms with E-state index in [0.717, 1.165) is 0 Å². The van der Waals surface area contributed by atoms with E-state index in [1.807, 2.05) is 13.8 Å². The van der Waals surface area contributed by atoms with Crippen LogP contribution in [0.3, 0.4) is 0 Å².